The topological polar surface area (TPSA) is 46.8 Å². The van der Waals surface area contributed by atoms with Gasteiger partial charge in [0.1, 0.15) is 0 Å². The standard InChI is InChI=1S/C10H10F3N5/c1-17(2)9-14-15-16-18(9)8-5-3-4-7(6-8)10(11,12)13/h3-6H,1-2H3. The van der Waals surface area contributed by atoms with Gasteiger partial charge in [0.15, 0.2) is 0 Å². The molecule has 0 spiro atoms. The largest absolute Gasteiger partial charge is 0.416 e. The Labute approximate surface area is 101 Å². The minimum Gasteiger partial charge on any atom is -0.345 e. The van der Waals surface area contributed by atoms with E-state index in [1.807, 2.05) is 0 Å². The van der Waals surface area contributed by atoms with Gasteiger partial charge >= 0.3 is 6.18 Å². The number of hydrogen-bond acceptors (Lipinski definition) is 4. The first-order valence-electron chi connectivity index (χ1n) is 5.03. The van der Waals surface area contributed by atoms with Gasteiger partial charge in [0.2, 0.25) is 5.95 Å². The Morgan fingerprint density at radius 3 is 2.56 bits per heavy atom. The zero-order valence-corrected chi connectivity index (χ0v) is 9.68. The van der Waals surface area contributed by atoms with Crippen molar-refractivity contribution < 1.29 is 13.2 Å². The van der Waals surface area contributed by atoms with Crippen molar-refractivity contribution in [3.8, 4) is 5.69 Å². The summed E-state index contributed by atoms with van der Waals surface area (Å²) in [5, 5.41) is 10.9. The Balaban J connectivity index is 2.48. The van der Waals surface area contributed by atoms with Crippen molar-refractivity contribution >= 4 is 5.95 Å². The fraction of sp³-hybridized carbons (Fsp3) is 0.300. The Morgan fingerprint density at radius 2 is 1.94 bits per heavy atom. The molecule has 0 bridgehead atoms. The number of halogens is 3. The first-order valence-corrected chi connectivity index (χ1v) is 5.03. The van der Waals surface area contributed by atoms with E-state index in [0.29, 0.717) is 5.95 Å². The summed E-state index contributed by atoms with van der Waals surface area (Å²) in [7, 11) is 3.41. The van der Waals surface area contributed by atoms with Crippen LogP contribution in [0.4, 0.5) is 19.1 Å². The van der Waals surface area contributed by atoms with E-state index >= 15 is 0 Å². The van der Waals surface area contributed by atoms with Gasteiger partial charge in [-0.25, -0.2) is 0 Å². The van der Waals surface area contributed by atoms with Crippen molar-refractivity contribution in [1.29, 1.82) is 0 Å². The van der Waals surface area contributed by atoms with Crippen LogP contribution in [0.2, 0.25) is 0 Å². The maximum atomic E-state index is 12.6. The van der Waals surface area contributed by atoms with Crippen molar-refractivity contribution in [2.75, 3.05) is 19.0 Å². The van der Waals surface area contributed by atoms with Gasteiger partial charge in [0.05, 0.1) is 11.3 Å². The Morgan fingerprint density at radius 1 is 1.22 bits per heavy atom. The van der Waals surface area contributed by atoms with Gasteiger partial charge in [-0.2, -0.15) is 17.9 Å². The zero-order chi connectivity index (χ0) is 13.3. The van der Waals surface area contributed by atoms with Crippen molar-refractivity contribution in [2.24, 2.45) is 0 Å². The predicted octanol–water partition coefficient (Wildman–Crippen LogP) is 1.75. The third kappa shape index (κ3) is 2.27. The third-order valence-corrected chi connectivity index (χ3v) is 2.27. The summed E-state index contributed by atoms with van der Waals surface area (Å²) in [6, 6.07) is 4.84. The van der Waals surface area contributed by atoms with Crippen LogP contribution in [0, 0.1) is 0 Å². The van der Waals surface area contributed by atoms with E-state index in [1.165, 1.54) is 16.8 Å². The molecule has 0 aliphatic heterocycles. The molecule has 96 valence electrons. The number of tetrazole rings is 1. The minimum atomic E-state index is -4.39. The lowest BCUT2D eigenvalue weighted by Crippen LogP contribution is -2.15. The van der Waals surface area contributed by atoms with Crippen LogP contribution in [0.1, 0.15) is 5.56 Å². The number of anilines is 1. The number of hydrogen-bond donors (Lipinski definition) is 0. The molecule has 18 heavy (non-hydrogen) atoms. The highest BCUT2D eigenvalue weighted by molar-refractivity contribution is 5.42. The molecule has 5 nitrogen and oxygen atoms in total. The van der Waals surface area contributed by atoms with Crippen LogP contribution in [0.3, 0.4) is 0 Å². The van der Waals surface area contributed by atoms with Gasteiger partial charge in [-0.3, -0.25) is 0 Å². The molecule has 0 aliphatic rings. The first-order chi connectivity index (χ1) is 8.39. The molecule has 0 aliphatic carbocycles. The molecule has 0 radical (unpaired) electrons. The molecule has 8 heteroatoms. The van der Waals surface area contributed by atoms with Gasteiger partial charge in [0, 0.05) is 14.1 Å². The molecular formula is C10H10F3N5. The van der Waals surface area contributed by atoms with Crippen LogP contribution in [-0.2, 0) is 6.18 Å². The second-order valence-corrected chi connectivity index (χ2v) is 3.83. The highest BCUT2D eigenvalue weighted by Crippen LogP contribution is 2.30. The van der Waals surface area contributed by atoms with E-state index in [4.69, 9.17) is 0 Å². The van der Waals surface area contributed by atoms with Crippen LogP contribution in [0.5, 0.6) is 0 Å². The molecule has 2 aromatic rings. The number of alkyl halides is 3. The smallest absolute Gasteiger partial charge is 0.345 e. The van der Waals surface area contributed by atoms with Gasteiger partial charge in [-0.1, -0.05) is 11.2 Å². The minimum absolute atomic E-state index is 0.263. The summed E-state index contributed by atoms with van der Waals surface area (Å²) < 4.78 is 39.0. The fourth-order valence-electron chi connectivity index (χ4n) is 1.44. The molecule has 0 saturated carbocycles. The molecule has 1 heterocycles. The van der Waals surface area contributed by atoms with Crippen molar-refractivity contribution in [3.05, 3.63) is 29.8 Å². The average molecular weight is 257 g/mol. The normalized spacial score (nSPS) is 11.6. The first kappa shape index (κ1) is 12.3. The van der Waals surface area contributed by atoms with E-state index < -0.39 is 11.7 Å². The van der Waals surface area contributed by atoms with Crippen molar-refractivity contribution in [3.63, 3.8) is 0 Å². The summed E-state index contributed by atoms with van der Waals surface area (Å²) in [6.45, 7) is 0. The van der Waals surface area contributed by atoms with Gasteiger partial charge in [-0.15, -0.1) is 0 Å². The van der Waals surface area contributed by atoms with Gasteiger partial charge in [-0.05, 0) is 28.6 Å². The summed E-state index contributed by atoms with van der Waals surface area (Å²) in [4.78, 5) is 1.61. The lowest BCUT2D eigenvalue weighted by Gasteiger charge is -2.12. The summed E-state index contributed by atoms with van der Waals surface area (Å²) in [5.74, 6) is 0.356. The maximum Gasteiger partial charge on any atom is 0.416 e. The van der Waals surface area contributed by atoms with Crippen molar-refractivity contribution in [1.82, 2.24) is 20.2 Å². The summed E-state index contributed by atoms with van der Waals surface area (Å²) in [6.07, 6.45) is -4.39. The highest BCUT2D eigenvalue weighted by Gasteiger charge is 2.30. The van der Waals surface area contributed by atoms with Gasteiger partial charge < -0.3 is 4.90 Å². The maximum absolute atomic E-state index is 12.6. The molecule has 0 fully saturated rings. The third-order valence-electron chi connectivity index (χ3n) is 2.27. The molecule has 2 rings (SSSR count). The SMILES string of the molecule is CN(C)c1nnnn1-c1cccc(C(F)(F)F)c1. The van der Waals surface area contributed by atoms with Gasteiger partial charge in [0.25, 0.3) is 0 Å². The average Bonchev–Trinajstić information content (AvgIpc) is 2.77. The van der Waals surface area contributed by atoms with Crippen LogP contribution in [-0.4, -0.2) is 34.3 Å². The molecule has 0 N–H and O–H groups in total. The lowest BCUT2D eigenvalue weighted by atomic mass is 10.2. The molecular weight excluding hydrogens is 247 g/mol. The van der Waals surface area contributed by atoms with Crippen LogP contribution < -0.4 is 4.90 Å². The number of nitrogens with zero attached hydrogens (tertiary/aromatic N) is 5. The Kier molecular flexibility index (Phi) is 2.93. The molecule has 0 atom stereocenters. The number of rotatable bonds is 2. The van der Waals surface area contributed by atoms with E-state index in [1.54, 1.807) is 19.0 Å². The predicted molar refractivity (Wildman–Crippen MR) is 58.5 cm³/mol. The molecule has 0 saturated heterocycles. The van der Waals surface area contributed by atoms with E-state index in [2.05, 4.69) is 15.5 Å². The van der Waals surface area contributed by atoms with E-state index in [-0.39, 0.29) is 5.69 Å². The van der Waals surface area contributed by atoms with E-state index in [9.17, 15) is 13.2 Å². The molecule has 0 amide bonds. The number of benzene rings is 1. The van der Waals surface area contributed by atoms with Crippen LogP contribution >= 0.6 is 0 Å². The van der Waals surface area contributed by atoms with Crippen molar-refractivity contribution in [2.45, 2.75) is 6.18 Å². The molecule has 1 aromatic heterocycles. The quantitative estimate of drug-likeness (QED) is 0.822. The summed E-state index contributed by atoms with van der Waals surface area (Å²) >= 11 is 0. The Hall–Kier alpha value is -2.12. The monoisotopic (exact) mass is 257 g/mol. The van der Waals surface area contributed by atoms with Crippen LogP contribution in [0.25, 0.3) is 5.69 Å². The number of aromatic nitrogens is 4. The lowest BCUT2D eigenvalue weighted by molar-refractivity contribution is -0.137. The molecule has 1 aromatic carbocycles. The summed E-state index contributed by atoms with van der Waals surface area (Å²) in [5.41, 5.74) is -0.473. The molecule has 0 unspecified atom stereocenters. The van der Waals surface area contributed by atoms with E-state index in [0.717, 1.165) is 12.1 Å². The Bertz CT molecular complexity index is 546. The second kappa shape index (κ2) is 4.28. The fourth-order valence-corrected chi connectivity index (χ4v) is 1.44. The second-order valence-electron chi connectivity index (χ2n) is 3.83. The zero-order valence-electron chi connectivity index (χ0n) is 9.68. The van der Waals surface area contributed by atoms with Crippen LogP contribution in [0.15, 0.2) is 24.3 Å². The highest BCUT2D eigenvalue weighted by atomic mass is 19.4.